The Balaban J connectivity index is 3.08. The molecule has 0 aliphatic carbocycles. The standard InChI is InChI=1S/C5H5ClN2O/c1-8-3-2-7-5(8)4(6)9/h2-3H,1H3. The molecule has 0 spiro atoms. The zero-order chi connectivity index (χ0) is 6.85. The first-order valence-corrected chi connectivity index (χ1v) is 2.77. The fraction of sp³-hybridized carbons (Fsp3) is 0.200. The quantitative estimate of drug-likeness (QED) is 0.547. The van der Waals surface area contributed by atoms with E-state index in [2.05, 4.69) is 4.98 Å². The van der Waals surface area contributed by atoms with E-state index < -0.39 is 5.24 Å². The number of aromatic nitrogens is 2. The van der Waals surface area contributed by atoms with Crippen molar-refractivity contribution in [3.8, 4) is 0 Å². The Morgan fingerprint density at radius 2 is 2.56 bits per heavy atom. The number of imidazole rings is 1. The lowest BCUT2D eigenvalue weighted by Crippen LogP contribution is -1.99. The second-order valence-electron chi connectivity index (χ2n) is 1.64. The van der Waals surface area contributed by atoms with Crippen LogP contribution in [-0.4, -0.2) is 14.8 Å². The number of carbonyl (C=O) groups is 1. The fourth-order valence-corrected chi connectivity index (χ4v) is 0.737. The average Bonchev–Trinajstić information content (AvgIpc) is 2.13. The molecule has 0 N–H and O–H groups in total. The van der Waals surface area contributed by atoms with Gasteiger partial charge < -0.3 is 4.57 Å². The molecule has 1 aromatic heterocycles. The lowest BCUT2D eigenvalue weighted by atomic mass is 10.7. The van der Waals surface area contributed by atoms with Gasteiger partial charge >= 0.3 is 0 Å². The van der Waals surface area contributed by atoms with Gasteiger partial charge in [-0.15, -0.1) is 0 Å². The highest BCUT2D eigenvalue weighted by atomic mass is 35.5. The molecule has 0 bridgehead atoms. The summed E-state index contributed by atoms with van der Waals surface area (Å²) in [5.74, 6) is 0.275. The molecule has 0 amide bonds. The van der Waals surface area contributed by atoms with Crippen LogP contribution >= 0.6 is 11.6 Å². The molecule has 0 aliphatic rings. The SMILES string of the molecule is Cn1ccnc1C(=O)Cl. The summed E-state index contributed by atoms with van der Waals surface area (Å²) in [7, 11) is 1.71. The van der Waals surface area contributed by atoms with E-state index in [1.807, 2.05) is 0 Å². The van der Waals surface area contributed by atoms with Crippen LogP contribution in [0.1, 0.15) is 10.6 Å². The zero-order valence-corrected chi connectivity index (χ0v) is 5.59. The van der Waals surface area contributed by atoms with Gasteiger partial charge in [0, 0.05) is 19.4 Å². The molecule has 0 unspecified atom stereocenters. The molecule has 0 aliphatic heterocycles. The minimum absolute atomic E-state index is 0.275. The average molecular weight is 145 g/mol. The molecule has 0 saturated heterocycles. The van der Waals surface area contributed by atoms with Crippen molar-refractivity contribution in [1.82, 2.24) is 9.55 Å². The van der Waals surface area contributed by atoms with Crippen molar-refractivity contribution >= 4 is 16.8 Å². The van der Waals surface area contributed by atoms with Crippen LogP contribution in [-0.2, 0) is 7.05 Å². The third-order valence-corrected chi connectivity index (χ3v) is 1.17. The number of aryl methyl sites for hydroxylation is 1. The maximum absolute atomic E-state index is 10.4. The third kappa shape index (κ3) is 1.10. The Bertz CT molecular complexity index is 231. The van der Waals surface area contributed by atoms with Gasteiger partial charge in [0.25, 0.3) is 5.24 Å². The molecule has 4 heteroatoms. The molecule has 9 heavy (non-hydrogen) atoms. The Morgan fingerprint density at radius 3 is 2.78 bits per heavy atom. The van der Waals surface area contributed by atoms with Gasteiger partial charge in [-0.05, 0) is 11.6 Å². The highest BCUT2D eigenvalue weighted by Gasteiger charge is 2.04. The molecular weight excluding hydrogens is 140 g/mol. The Morgan fingerprint density at radius 1 is 1.89 bits per heavy atom. The highest BCUT2D eigenvalue weighted by Crippen LogP contribution is 1.97. The largest absolute Gasteiger partial charge is 0.331 e. The van der Waals surface area contributed by atoms with E-state index in [9.17, 15) is 4.79 Å². The number of hydrogen-bond acceptors (Lipinski definition) is 2. The summed E-state index contributed by atoms with van der Waals surface area (Å²) in [5.41, 5.74) is 0. The van der Waals surface area contributed by atoms with E-state index in [0.29, 0.717) is 0 Å². The molecule has 0 radical (unpaired) electrons. The Hall–Kier alpha value is -0.830. The number of nitrogens with zero attached hydrogens (tertiary/aromatic N) is 2. The summed E-state index contributed by atoms with van der Waals surface area (Å²) in [6.07, 6.45) is 3.19. The van der Waals surface area contributed by atoms with Crippen LogP contribution in [0.3, 0.4) is 0 Å². The number of hydrogen-bond donors (Lipinski definition) is 0. The van der Waals surface area contributed by atoms with Gasteiger partial charge in [-0.1, -0.05) is 0 Å². The minimum atomic E-state index is -0.525. The number of carbonyl (C=O) groups excluding carboxylic acids is 1. The minimum Gasteiger partial charge on any atom is -0.331 e. The van der Waals surface area contributed by atoms with Crippen molar-refractivity contribution in [3.05, 3.63) is 18.2 Å². The van der Waals surface area contributed by atoms with Crippen LogP contribution in [0.4, 0.5) is 0 Å². The van der Waals surface area contributed by atoms with Crippen molar-refractivity contribution in [2.45, 2.75) is 0 Å². The van der Waals surface area contributed by atoms with Crippen LogP contribution in [0, 0.1) is 0 Å². The van der Waals surface area contributed by atoms with E-state index in [0.717, 1.165) is 0 Å². The fourth-order valence-electron chi connectivity index (χ4n) is 0.555. The van der Waals surface area contributed by atoms with Crippen LogP contribution in [0.15, 0.2) is 12.4 Å². The molecule has 3 nitrogen and oxygen atoms in total. The van der Waals surface area contributed by atoms with Crippen LogP contribution in [0.2, 0.25) is 0 Å². The maximum atomic E-state index is 10.4. The second-order valence-corrected chi connectivity index (χ2v) is 1.98. The van der Waals surface area contributed by atoms with Gasteiger partial charge in [0.2, 0.25) is 0 Å². The van der Waals surface area contributed by atoms with E-state index in [1.54, 1.807) is 17.8 Å². The molecule has 0 saturated carbocycles. The Labute approximate surface area is 57.3 Å². The lowest BCUT2D eigenvalue weighted by Gasteiger charge is -1.90. The van der Waals surface area contributed by atoms with E-state index in [1.165, 1.54) is 6.20 Å². The van der Waals surface area contributed by atoms with Crippen LogP contribution < -0.4 is 0 Å². The lowest BCUT2D eigenvalue weighted by molar-refractivity contribution is 0.107. The predicted molar refractivity (Wildman–Crippen MR) is 33.4 cm³/mol. The van der Waals surface area contributed by atoms with E-state index in [4.69, 9.17) is 11.6 Å². The topological polar surface area (TPSA) is 34.9 Å². The van der Waals surface area contributed by atoms with Crippen molar-refractivity contribution in [1.29, 1.82) is 0 Å². The zero-order valence-electron chi connectivity index (χ0n) is 4.84. The molecule has 0 atom stereocenters. The molecule has 48 valence electrons. The van der Waals surface area contributed by atoms with Gasteiger partial charge in [0.05, 0.1) is 0 Å². The molecule has 1 rings (SSSR count). The molecule has 0 fully saturated rings. The van der Waals surface area contributed by atoms with Crippen molar-refractivity contribution in [2.24, 2.45) is 7.05 Å². The smallest absolute Gasteiger partial charge is 0.288 e. The van der Waals surface area contributed by atoms with E-state index >= 15 is 0 Å². The van der Waals surface area contributed by atoms with Crippen LogP contribution in [0.25, 0.3) is 0 Å². The van der Waals surface area contributed by atoms with Gasteiger partial charge in [-0.25, -0.2) is 4.98 Å². The Kier molecular flexibility index (Phi) is 1.53. The van der Waals surface area contributed by atoms with Gasteiger partial charge in [-0.3, -0.25) is 4.79 Å². The normalized spacial score (nSPS) is 9.56. The summed E-state index contributed by atoms with van der Waals surface area (Å²) >= 11 is 5.13. The van der Waals surface area contributed by atoms with Crippen molar-refractivity contribution < 1.29 is 4.79 Å². The van der Waals surface area contributed by atoms with Crippen molar-refractivity contribution in [2.75, 3.05) is 0 Å². The summed E-state index contributed by atoms with van der Waals surface area (Å²) in [6.45, 7) is 0. The highest BCUT2D eigenvalue weighted by molar-refractivity contribution is 6.67. The molecule has 1 aromatic rings. The molecule has 0 aromatic carbocycles. The van der Waals surface area contributed by atoms with Gasteiger partial charge in [0.15, 0.2) is 5.82 Å². The first-order chi connectivity index (χ1) is 4.22. The summed E-state index contributed by atoms with van der Waals surface area (Å²) in [4.78, 5) is 14.1. The third-order valence-electron chi connectivity index (χ3n) is 0.997. The molecular formula is C5H5ClN2O. The van der Waals surface area contributed by atoms with Gasteiger partial charge in [-0.2, -0.15) is 0 Å². The predicted octanol–water partition coefficient (Wildman–Crippen LogP) is 0.799. The van der Waals surface area contributed by atoms with E-state index in [-0.39, 0.29) is 5.82 Å². The maximum Gasteiger partial charge on any atom is 0.288 e. The number of rotatable bonds is 1. The van der Waals surface area contributed by atoms with Crippen molar-refractivity contribution in [3.63, 3.8) is 0 Å². The number of halogens is 1. The first kappa shape index (κ1) is 6.29. The van der Waals surface area contributed by atoms with Crippen LogP contribution in [0.5, 0.6) is 0 Å². The second kappa shape index (κ2) is 2.19. The molecule has 1 heterocycles. The van der Waals surface area contributed by atoms with Gasteiger partial charge in [0.1, 0.15) is 0 Å². The monoisotopic (exact) mass is 144 g/mol. The first-order valence-electron chi connectivity index (χ1n) is 2.39. The summed E-state index contributed by atoms with van der Waals surface area (Å²) < 4.78 is 1.56. The summed E-state index contributed by atoms with van der Waals surface area (Å²) in [5, 5.41) is -0.525. The summed E-state index contributed by atoms with van der Waals surface area (Å²) in [6, 6.07) is 0.